The van der Waals surface area contributed by atoms with Gasteiger partial charge in [-0.1, -0.05) is 133 Å². The first-order chi connectivity index (χ1) is 24.7. The Bertz CT molecular complexity index is 2350. The molecule has 6 aromatic carbocycles. The van der Waals surface area contributed by atoms with Crippen LogP contribution in [0.3, 0.4) is 0 Å². The number of rotatable bonds is 10. The van der Waals surface area contributed by atoms with Crippen molar-refractivity contribution in [1.82, 2.24) is 10.3 Å². The molecule has 1 aliphatic carbocycles. The van der Waals surface area contributed by atoms with Crippen molar-refractivity contribution in [3.63, 3.8) is 0 Å². The van der Waals surface area contributed by atoms with E-state index < -0.39 is 0 Å². The van der Waals surface area contributed by atoms with Crippen LogP contribution in [0.15, 0.2) is 169 Å². The van der Waals surface area contributed by atoms with Crippen molar-refractivity contribution in [2.75, 3.05) is 5.32 Å². The van der Waals surface area contributed by atoms with Crippen molar-refractivity contribution in [2.24, 2.45) is 10.7 Å². The molecule has 1 atom stereocenters. The molecule has 0 aliphatic heterocycles. The summed E-state index contributed by atoms with van der Waals surface area (Å²) in [6.07, 6.45) is 8.74. The Morgan fingerprint density at radius 3 is 2.24 bits per heavy atom. The molecule has 1 aromatic heterocycles. The van der Waals surface area contributed by atoms with E-state index in [1.54, 1.807) is 0 Å². The van der Waals surface area contributed by atoms with Gasteiger partial charge in [-0.3, -0.25) is 5.32 Å². The van der Waals surface area contributed by atoms with Gasteiger partial charge in [0, 0.05) is 50.9 Å². The molecule has 1 heterocycles. The van der Waals surface area contributed by atoms with Crippen LogP contribution >= 0.6 is 0 Å². The second-order valence-corrected chi connectivity index (χ2v) is 12.7. The number of hydrogen-bond donors (Lipinski definition) is 4. The number of fused-ring (bicyclic) bond motifs is 3. The summed E-state index contributed by atoms with van der Waals surface area (Å²) in [5.74, 6) is 0.502. The third-order valence-electron chi connectivity index (χ3n) is 9.31. The third-order valence-corrected chi connectivity index (χ3v) is 9.31. The van der Waals surface area contributed by atoms with Crippen LogP contribution in [-0.2, 0) is 6.54 Å². The molecule has 0 amide bonds. The number of aliphatic imine (C=N–C) groups is 1. The summed E-state index contributed by atoms with van der Waals surface area (Å²) >= 11 is 0. The summed E-state index contributed by atoms with van der Waals surface area (Å²) < 4.78 is 0. The number of nitrogens with zero attached hydrogens (tertiary/aromatic N) is 1. The minimum atomic E-state index is -0.298. The van der Waals surface area contributed by atoms with E-state index in [0.717, 1.165) is 63.1 Å². The number of anilines is 2. The van der Waals surface area contributed by atoms with Gasteiger partial charge in [0.2, 0.25) is 0 Å². The summed E-state index contributed by atoms with van der Waals surface area (Å²) in [6.45, 7) is 0.612. The molecule has 50 heavy (non-hydrogen) atoms. The predicted octanol–water partition coefficient (Wildman–Crippen LogP) is 10.7. The van der Waals surface area contributed by atoms with E-state index in [0.29, 0.717) is 12.4 Å². The topological polar surface area (TPSA) is 78.2 Å². The zero-order valence-electron chi connectivity index (χ0n) is 27.8. The monoisotopic (exact) mass is 649 g/mol. The molecule has 1 unspecified atom stereocenters. The average Bonchev–Trinajstić information content (AvgIpc) is 3.54. The van der Waals surface area contributed by atoms with Crippen molar-refractivity contribution in [3.05, 3.63) is 186 Å². The molecule has 7 aromatic rings. The van der Waals surface area contributed by atoms with E-state index in [9.17, 15) is 0 Å². The van der Waals surface area contributed by atoms with Gasteiger partial charge in [0.1, 0.15) is 12.0 Å². The van der Waals surface area contributed by atoms with E-state index in [4.69, 9.17) is 10.7 Å². The Morgan fingerprint density at radius 2 is 1.46 bits per heavy atom. The number of H-pyrrole nitrogens is 1. The zero-order valence-corrected chi connectivity index (χ0v) is 27.8. The number of nitrogens with two attached hydrogens (primary N) is 1. The second-order valence-electron chi connectivity index (χ2n) is 12.7. The molecule has 8 rings (SSSR count). The van der Waals surface area contributed by atoms with Crippen LogP contribution in [0.25, 0.3) is 38.5 Å². The minimum Gasteiger partial charge on any atom is -0.383 e. The van der Waals surface area contributed by atoms with Gasteiger partial charge in [-0.25, -0.2) is 4.99 Å². The van der Waals surface area contributed by atoms with E-state index >= 15 is 0 Å². The molecule has 0 bridgehead atoms. The summed E-state index contributed by atoms with van der Waals surface area (Å²) in [4.78, 5) is 8.63. The maximum Gasteiger partial charge on any atom is 0.128 e. The molecular formula is C45H39N5. The van der Waals surface area contributed by atoms with E-state index in [2.05, 4.69) is 131 Å². The minimum absolute atomic E-state index is 0.298. The number of aromatic amines is 1. The molecule has 0 spiro atoms. The van der Waals surface area contributed by atoms with Gasteiger partial charge < -0.3 is 16.0 Å². The highest BCUT2D eigenvalue weighted by molar-refractivity contribution is 6.11. The van der Waals surface area contributed by atoms with Crippen LogP contribution in [0, 0.1) is 0 Å². The number of hydrogen-bond acceptors (Lipinski definition) is 3. The Morgan fingerprint density at radius 1 is 0.700 bits per heavy atom. The van der Waals surface area contributed by atoms with Gasteiger partial charge in [-0.05, 0) is 71.0 Å². The van der Waals surface area contributed by atoms with Crippen LogP contribution < -0.4 is 16.4 Å². The van der Waals surface area contributed by atoms with Gasteiger partial charge in [0.25, 0.3) is 0 Å². The number of amidine groups is 1. The van der Waals surface area contributed by atoms with Gasteiger partial charge >= 0.3 is 0 Å². The zero-order chi connectivity index (χ0) is 33.7. The Kier molecular flexibility index (Phi) is 8.79. The Balaban J connectivity index is 1.10. The number of aromatic nitrogens is 1. The lowest BCUT2D eigenvalue weighted by molar-refractivity contribution is 0.554. The molecule has 1 aliphatic rings. The fourth-order valence-corrected chi connectivity index (χ4v) is 6.75. The summed E-state index contributed by atoms with van der Waals surface area (Å²) in [6, 6.07) is 50.6. The van der Waals surface area contributed by atoms with Gasteiger partial charge in [-0.15, -0.1) is 0 Å². The molecule has 244 valence electrons. The first-order valence-electron chi connectivity index (χ1n) is 17.2. The van der Waals surface area contributed by atoms with Crippen LogP contribution in [0.2, 0.25) is 0 Å². The first-order valence-corrected chi connectivity index (χ1v) is 17.2. The molecule has 0 radical (unpaired) electrons. The van der Waals surface area contributed by atoms with Crippen LogP contribution in [0.5, 0.6) is 0 Å². The van der Waals surface area contributed by atoms with Crippen molar-refractivity contribution in [3.8, 4) is 11.1 Å². The molecule has 0 fully saturated rings. The molecule has 0 saturated carbocycles. The largest absolute Gasteiger partial charge is 0.383 e. The lowest BCUT2D eigenvalue weighted by Gasteiger charge is -2.18. The van der Waals surface area contributed by atoms with Crippen LogP contribution in [0.1, 0.15) is 41.3 Å². The highest BCUT2D eigenvalue weighted by Crippen LogP contribution is 2.38. The average molecular weight is 650 g/mol. The van der Waals surface area contributed by atoms with E-state index in [-0.39, 0.29) is 6.17 Å². The van der Waals surface area contributed by atoms with Crippen LogP contribution in [0.4, 0.5) is 11.4 Å². The van der Waals surface area contributed by atoms with Gasteiger partial charge in [-0.2, -0.15) is 0 Å². The fourth-order valence-electron chi connectivity index (χ4n) is 6.75. The molecule has 5 heteroatoms. The number of allylic oxidation sites excluding steroid dienone is 4. The van der Waals surface area contributed by atoms with Gasteiger partial charge in [0.05, 0.1) is 0 Å². The highest BCUT2D eigenvalue weighted by atomic mass is 15.1. The molecule has 5 N–H and O–H groups in total. The van der Waals surface area contributed by atoms with Crippen molar-refractivity contribution in [2.45, 2.75) is 25.6 Å². The molecule has 0 saturated heterocycles. The summed E-state index contributed by atoms with van der Waals surface area (Å²) in [7, 11) is 0. The SMILES string of the molecule is NC(=NC(NCc1cccc(Nc2cc3[nH]c4cc(C5=CCCC=C5)ccc4c3cc2-c2ccccc2)c1)c1ccccc1)c1ccccc1. The van der Waals surface area contributed by atoms with E-state index in [1.807, 2.05) is 48.5 Å². The standard InChI is InChI=1S/C45H39N5/c46-44(34-19-9-3-10-20-34)50-45(35-21-11-4-12-22-35)47-30-31-14-13-23-37(26-31)48-42-29-43-40(28-39(42)33-17-7-2-8-18-33)38-25-24-36(27-41(38)49-43)32-15-5-1-6-16-32/h2-5,7-29,45,47-49H,1,6,30H2,(H2,46,50). The number of benzene rings is 6. The normalized spacial score (nSPS) is 13.8. The fraction of sp³-hybridized carbons (Fsp3) is 0.0889. The maximum absolute atomic E-state index is 6.47. The predicted molar refractivity (Wildman–Crippen MR) is 211 cm³/mol. The highest BCUT2D eigenvalue weighted by Gasteiger charge is 2.15. The quantitative estimate of drug-likeness (QED) is 0.0879. The van der Waals surface area contributed by atoms with Gasteiger partial charge in [0.15, 0.2) is 0 Å². The maximum atomic E-state index is 6.47. The number of nitrogens with one attached hydrogen (secondary N) is 3. The Labute approximate surface area is 292 Å². The molecule has 5 nitrogen and oxygen atoms in total. The van der Waals surface area contributed by atoms with Crippen LogP contribution in [-0.4, -0.2) is 10.8 Å². The summed E-state index contributed by atoms with van der Waals surface area (Å²) in [5.41, 5.74) is 18.7. The summed E-state index contributed by atoms with van der Waals surface area (Å²) in [5, 5.41) is 9.85. The Hall–Kier alpha value is -6.17. The van der Waals surface area contributed by atoms with E-state index in [1.165, 1.54) is 21.9 Å². The first kappa shape index (κ1) is 31.1. The molecular weight excluding hydrogens is 611 g/mol. The lowest BCUT2D eigenvalue weighted by Crippen LogP contribution is -2.23. The smallest absolute Gasteiger partial charge is 0.128 e. The third kappa shape index (κ3) is 6.73. The second kappa shape index (κ2) is 14.1. The lowest BCUT2D eigenvalue weighted by atomic mass is 9.97. The van der Waals surface area contributed by atoms with Crippen molar-refractivity contribution in [1.29, 1.82) is 0 Å². The van der Waals surface area contributed by atoms with Crippen molar-refractivity contribution >= 4 is 44.6 Å². The van der Waals surface area contributed by atoms with Crippen molar-refractivity contribution < 1.29 is 0 Å².